The van der Waals surface area contributed by atoms with E-state index in [1.54, 1.807) is 6.33 Å². The SMILES string of the molecule is Clc1ccc2ncnc(NC3CCC(N4CCC5(CC4)COC5)CC3)c2c1. The minimum absolute atomic E-state index is 0.481. The van der Waals surface area contributed by atoms with Gasteiger partial charge in [0.05, 0.1) is 18.7 Å². The van der Waals surface area contributed by atoms with Gasteiger partial charge in [-0.25, -0.2) is 9.97 Å². The van der Waals surface area contributed by atoms with E-state index in [-0.39, 0.29) is 0 Å². The molecule has 2 saturated heterocycles. The number of halogens is 1. The first kappa shape index (κ1) is 17.7. The molecule has 0 bridgehead atoms. The molecule has 1 aromatic carbocycles. The third-order valence-electron chi connectivity index (χ3n) is 6.83. The van der Waals surface area contributed by atoms with E-state index in [1.807, 2.05) is 18.2 Å². The zero-order chi connectivity index (χ0) is 18.3. The van der Waals surface area contributed by atoms with E-state index in [0.717, 1.165) is 41.0 Å². The van der Waals surface area contributed by atoms with E-state index >= 15 is 0 Å². The third-order valence-corrected chi connectivity index (χ3v) is 7.06. The Bertz CT molecular complexity index is 807. The van der Waals surface area contributed by atoms with Gasteiger partial charge in [-0.2, -0.15) is 0 Å². The van der Waals surface area contributed by atoms with E-state index in [0.29, 0.717) is 11.5 Å². The second-order valence-corrected chi connectivity index (χ2v) is 9.00. The van der Waals surface area contributed by atoms with Crippen molar-refractivity contribution in [3.63, 3.8) is 0 Å². The Hall–Kier alpha value is -1.43. The van der Waals surface area contributed by atoms with Crippen LogP contribution in [0.1, 0.15) is 38.5 Å². The van der Waals surface area contributed by atoms with Gasteiger partial charge in [0.25, 0.3) is 0 Å². The van der Waals surface area contributed by atoms with Gasteiger partial charge in [-0.1, -0.05) is 11.6 Å². The van der Waals surface area contributed by atoms with Crippen molar-refractivity contribution in [2.75, 3.05) is 31.6 Å². The Morgan fingerprint density at radius 2 is 1.85 bits per heavy atom. The van der Waals surface area contributed by atoms with E-state index in [9.17, 15) is 0 Å². The van der Waals surface area contributed by atoms with Crippen LogP contribution in [0.15, 0.2) is 24.5 Å². The van der Waals surface area contributed by atoms with Crippen molar-refractivity contribution < 1.29 is 4.74 Å². The molecule has 0 atom stereocenters. The van der Waals surface area contributed by atoms with Crippen LogP contribution in [-0.4, -0.2) is 53.3 Å². The minimum Gasteiger partial charge on any atom is -0.380 e. The lowest BCUT2D eigenvalue weighted by atomic mass is 9.76. The number of nitrogens with one attached hydrogen (secondary N) is 1. The highest BCUT2D eigenvalue weighted by Crippen LogP contribution is 2.40. The number of fused-ring (bicyclic) bond motifs is 1. The molecule has 1 spiro atoms. The van der Waals surface area contributed by atoms with Crippen LogP contribution in [0.4, 0.5) is 5.82 Å². The first-order valence-electron chi connectivity index (χ1n) is 10.2. The number of rotatable bonds is 3. The molecule has 1 saturated carbocycles. The summed E-state index contributed by atoms with van der Waals surface area (Å²) in [7, 11) is 0. The number of piperidine rings is 1. The smallest absolute Gasteiger partial charge is 0.137 e. The van der Waals surface area contributed by atoms with Crippen LogP contribution in [0.2, 0.25) is 5.02 Å². The van der Waals surface area contributed by atoms with E-state index in [2.05, 4.69) is 20.2 Å². The van der Waals surface area contributed by atoms with Crippen LogP contribution in [0.3, 0.4) is 0 Å². The fourth-order valence-electron chi connectivity index (χ4n) is 4.97. The molecule has 1 aliphatic carbocycles. The summed E-state index contributed by atoms with van der Waals surface area (Å²) in [6.45, 7) is 4.49. The summed E-state index contributed by atoms with van der Waals surface area (Å²) >= 11 is 6.18. The number of nitrogens with zero attached hydrogens (tertiary/aromatic N) is 3. The molecule has 2 aromatic rings. The highest BCUT2D eigenvalue weighted by atomic mass is 35.5. The molecule has 3 fully saturated rings. The van der Waals surface area contributed by atoms with Crippen LogP contribution < -0.4 is 5.32 Å². The largest absolute Gasteiger partial charge is 0.380 e. The number of benzene rings is 1. The Kier molecular flexibility index (Phi) is 4.70. The van der Waals surface area contributed by atoms with E-state index < -0.39 is 0 Å². The summed E-state index contributed by atoms with van der Waals surface area (Å²) in [5.74, 6) is 0.913. The van der Waals surface area contributed by atoms with Crippen LogP contribution in [0, 0.1) is 5.41 Å². The van der Waals surface area contributed by atoms with Crippen molar-refractivity contribution in [1.82, 2.24) is 14.9 Å². The molecule has 1 aromatic heterocycles. The Labute approximate surface area is 165 Å². The van der Waals surface area contributed by atoms with E-state index in [1.165, 1.54) is 51.6 Å². The molecule has 1 N–H and O–H groups in total. The van der Waals surface area contributed by atoms with Crippen molar-refractivity contribution in [3.05, 3.63) is 29.5 Å². The fourth-order valence-corrected chi connectivity index (χ4v) is 5.14. The molecule has 5 nitrogen and oxygen atoms in total. The third kappa shape index (κ3) is 3.53. The van der Waals surface area contributed by atoms with Gasteiger partial charge in [0.2, 0.25) is 0 Å². The van der Waals surface area contributed by atoms with Gasteiger partial charge in [0, 0.05) is 27.9 Å². The van der Waals surface area contributed by atoms with Gasteiger partial charge < -0.3 is 15.0 Å². The lowest BCUT2D eigenvalue weighted by Crippen LogP contribution is -2.53. The molecular formula is C21H27ClN4O. The summed E-state index contributed by atoms with van der Waals surface area (Å²) in [5.41, 5.74) is 1.47. The molecule has 0 radical (unpaired) electrons. The summed E-state index contributed by atoms with van der Waals surface area (Å²) in [5, 5.41) is 5.40. The Morgan fingerprint density at radius 1 is 1.07 bits per heavy atom. The van der Waals surface area contributed by atoms with Gasteiger partial charge in [0.1, 0.15) is 12.1 Å². The predicted octanol–water partition coefficient (Wildman–Crippen LogP) is 4.12. The second-order valence-electron chi connectivity index (χ2n) is 8.56. The molecule has 3 aliphatic rings. The van der Waals surface area contributed by atoms with Crippen LogP contribution in [0.25, 0.3) is 10.9 Å². The Balaban J connectivity index is 1.19. The fraction of sp³-hybridized carbons (Fsp3) is 0.619. The molecular weight excluding hydrogens is 360 g/mol. The van der Waals surface area contributed by atoms with Crippen molar-refractivity contribution >= 4 is 28.3 Å². The molecule has 0 unspecified atom stereocenters. The molecule has 6 heteroatoms. The maximum Gasteiger partial charge on any atom is 0.137 e. The summed E-state index contributed by atoms with van der Waals surface area (Å²) in [4.78, 5) is 11.6. The average molecular weight is 387 g/mol. The second kappa shape index (κ2) is 7.19. The zero-order valence-electron chi connectivity index (χ0n) is 15.7. The normalized spacial score (nSPS) is 28.2. The van der Waals surface area contributed by atoms with E-state index in [4.69, 9.17) is 16.3 Å². The topological polar surface area (TPSA) is 50.3 Å². The average Bonchev–Trinajstić information content (AvgIpc) is 2.68. The van der Waals surface area contributed by atoms with Crippen LogP contribution in [-0.2, 0) is 4.74 Å². The van der Waals surface area contributed by atoms with Gasteiger partial charge in [-0.3, -0.25) is 0 Å². The minimum atomic E-state index is 0.481. The summed E-state index contributed by atoms with van der Waals surface area (Å²) < 4.78 is 5.46. The predicted molar refractivity (Wildman–Crippen MR) is 108 cm³/mol. The number of hydrogen-bond acceptors (Lipinski definition) is 5. The van der Waals surface area contributed by atoms with Crippen molar-refractivity contribution in [1.29, 1.82) is 0 Å². The summed E-state index contributed by atoms with van der Waals surface area (Å²) in [6, 6.07) is 7.02. The lowest BCUT2D eigenvalue weighted by molar-refractivity contribution is -0.143. The van der Waals surface area contributed by atoms with Gasteiger partial charge in [-0.15, -0.1) is 0 Å². The van der Waals surface area contributed by atoms with Gasteiger partial charge >= 0.3 is 0 Å². The highest BCUT2D eigenvalue weighted by Gasteiger charge is 2.42. The number of anilines is 1. The standard InChI is InChI=1S/C21H27ClN4O/c22-15-1-6-19-18(11-15)20(24-14-23-19)25-16-2-4-17(5-3-16)26-9-7-21(8-10-26)12-27-13-21/h1,6,11,14,16-17H,2-5,7-10,12-13H2,(H,23,24,25). The van der Waals surface area contributed by atoms with Crippen molar-refractivity contribution in [2.24, 2.45) is 5.41 Å². The molecule has 144 valence electrons. The molecule has 3 heterocycles. The number of hydrogen-bond donors (Lipinski definition) is 1. The highest BCUT2D eigenvalue weighted by molar-refractivity contribution is 6.31. The van der Waals surface area contributed by atoms with Crippen molar-refractivity contribution in [3.8, 4) is 0 Å². The number of aromatic nitrogens is 2. The zero-order valence-corrected chi connectivity index (χ0v) is 16.4. The van der Waals surface area contributed by atoms with Gasteiger partial charge in [-0.05, 0) is 69.8 Å². The quantitative estimate of drug-likeness (QED) is 0.859. The lowest BCUT2D eigenvalue weighted by Gasteiger charge is -2.49. The monoisotopic (exact) mass is 386 g/mol. The number of likely N-dealkylation sites (tertiary alicyclic amines) is 1. The van der Waals surface area contributed by atoms with Crippen molar-refractivity contribution in [2.45, 2.75) is 50.6 Å². The van der Waals surface area contributed by atoms with Gasteiger partial charge in [0.15, 0.2) is 0 Å². The molecule has 0 amide bonds. The van der Waals surface area contributed by atoms with Crippen LogP contribution in [0.5, 0.6) is 0 Å². The number of ether oxygens (including phenoxy) is 1. The first-order chi connectivity index (χ1) is 13.2. The van der Waals surface area contributed by atoms with Crippen LogP contribution >= 0.6 is 11.6 Å². The maximum atomic E-state index is 6.18. The first-order valence-corrected chi connectivity index (χ1v) is 10.6. The summed E-state index contributed by atoms with van der Waals surface area (Å²) in [6.07, 6.45) is 9.20. The molecule has 2 aliphatic heterocycles. The molecule has 27 heavy (non-hydrogen) atoms. The molecule has 5 rings (SSSR count). The Morgan fingerprint density at radius 3 is 2.56 bits per heavy atom. The maximum absolute atomic E-state index is 6.18.